The van der Waals surface area contributed by atoms with Crippen LogP contribution in [0.3, 0.4) is 0 Å². The summed E-state index contributed by atoms with van der Waals surface area (Å²) in [5, 5.41) is 2.79. The molecule has 66 heavy (non-hydrogen) atoms. The number of alkyl halides is 1. The van der Waals surface area contributed by atoms with Crippen LogP contribution < -0.4 is 20.6 Å². The number of para-hydroxylation sites is 1. The third-order valence-electron chi connectivity index (χ3n) is 14.0. The number of aryl methyl sites for hydroxylation is 1. The molecule has 7 heterocycles. The predicted octanol–water partition coefficient (Wildman–Crippen LogP) is 6.50. The van der Waals surface area contributed by atoms with Crippen molar-refractivity contribution in [3.8, 4) is 11.1 Å². The van der Waals surface area contributed by atoms with Crippen LogP contribution in [0.2, 0.25) is 0 Å². The van der Waals surface area contributed by atoms with Gasteiger partial charge in [0.1, 0.15) is 23.7 Å². The maximum Gasteiger partial charge on any atom is 0.329 e. The fourth-order valence-corrected chi connectivity index (χ4v) is 11.4. The Morgan fingerprint density at radius 2 is 1.68 bits per heavy atom. The first-order chi connectivity index (χ1) is 31.9. The number of fused-ring (bicyclic) bond motifs is 2. The maximum atomic E-state index is 15.7. The molecule has 0 bridgehead atoms. The van der Waals surface area contributed by atoms with Gasteiger partial charge < -0.3 is 14.8 Å². The first kappa shape index (κ1) is 43.8. The Bertz CT molecular complexity index is 2960. The molecule has 3 N–H and O–H groups in total. The number of aromatic nitrogens is 4. The summed E-state index contributed by atoms with van der Waals surface area (Å²) in [6.07, 6.45) is 6.71. The number of ketones is 1. The third-order valence-corrected chi connectivity index (χ3v) is 15.2. The number of hydrogen-bond acceptors (Lipinski definition) is 8. The van der Waals surface area contributed by atoms with E-state index in [4.69, 9.17) is 0 Å². The second-order valence-electron chi connectivity index (χ2n) is 18.0. The number of amides is 2. The lowest BCUT2D eigenvalue weighted by Gasteiger charge is -2.38. The van der Waals surface area contributed by atoms with E-state index in [2.05, 4.69) is 48.0 Å². The summed E-state index contributed by atoms with van der Waals surface area (Å²) in [7, 11) is 1.76. The van der Waals surface area contributed by atoms with Gasteiger partial charge in [0.2, 0.25) is 17.6 Å². The molecule has 2 amide bonds. The lowest BCUT2D eigenvalue weighted by atomic mass is 9.87. The van der Waals surface area contributed by atoms with Gasteiger partial charge in [-0.3, -0.25) is 33.6 Å². The summed E-state index contributed by atoms with van der Waals surface area (Å²) >= 11 is -1.98. The molecule has 344 valence electrons. The summed E-state index contributed by atoms with van der Waals surface area (Å²) in [6.45, 7) is 4.97. The fraction of sp³-hybridized carbons (Fsp3) is 0.396. The molecule has 3 unspecified atom stereocenters. The van der Waals surface area contributed by atoms with Crippen molar-refractivity contribution in [2.45, 2.75) is 63.1 Å². The average Bonchev–Trinajstić information content (AvgIpc) is 4.03. The van der Waals surface area contributed by atoms with Crippen molar-refractivity contribution >= 4 is 62.2 Å². The molecule has 18 heteroatoms. The number of benzene rings is 3. The molecule has 4 aliphatic heterocycles. The van der Waals surface area contributed by atoms with E-state index in [-0.39, 0.29) is 54.7 Å². The monoisotopic (exact) mass is 921 g/mol. The summed E-state index contributed by atoms with van der Waals surface area (Å²) < 4.78 is 64.3. The Morgan fingerprint density at radius 1 is 0.909 bits per heavy atom. The lowest BCUT2D eigenvalue weighted by molar-refractivity contribution is -0.135. The highest BCUT2D eigenvalue weighted by Crippen LogP contribution is 2.36. The van der Waals surface area contributed by atoms with Crippen molar-refractivity contribution in [3.05, 3.63) is 112 Å². The molecule has 0 aliphatic carbocycles. The first-order valence-electron chi connectivity index (χ1n) is 22.6. The minimum atomic E-state index is -1.98. The van der Waals surface area contributed by atoms with Crippen molar-refractivity contribution in [1.29, 1.82) is 0 Å². The number of aromatic amines is 1. The predicted molar refractivity (Wildman–Crippen MR) is 246 cm³/mol. The summed E-state index contributed by atoms with van der Waals surface area (Å²) in [5.74, 6) is -3.03. The van der Waals surface area contributed by atoms with E-state index in [0.717, 1.165) is 104 Å². The largest absolute Gasteiger partial charge is 0.372 e. The molecule has 4 saturated heterocycles. The van der Waals surface area contributed by atoms with Gasteiger partial charge in [0.25, 0.3) is 0 Å². The molecule has 0 saturated carbocycles. The van der Waals surface area contributed by atoms with Crippen molar-refractivity contribution in [2.75, 3.05) is 55.4 Å². The van der Waals surface area contributed by atoms with Gasteiger partial charge in [-0.1, -0.05) is 24.3 Å². The quantitative estimate of drug-likeness (QED) is 0.0983. The van der Waals surface area contributed by atoms with Gasteiger partial charge >= 0.3 is 5.69 Å². The Morgan fingerprint density at radius 3 is 2.41 bits per heavy atom. The van der Waals surface area contributed by atoms with Crippen LogP contribution in [0.4, 0.5) is 24.5 Å². The highest BCUT2D eigenvalue weighted by molar-refractivity contribution is 7.84. The highest BCUT2D eigenvalue weighted by atomic mass is 32.2. The Labute approximate surface area is 380 Å². The molecule has 0 spiro atoms. The van der Waals surface area contributed by atoms with Gasteiger partial charge in [0.05, 0.1) is 22.3 Å². The summed E-state index contributed by atoms with van der Waals surface area (Å²) in [6, 6.07) is 17.2. The highest BCUT2D eigenvalue weighted by Gasteiger charge is 2.34. The average molecular weight is 922 g/mol. The first-order valence-corrected chi connectivity index (χ1v) is 23.7. The zero-order valence-electron chi connectivity index (χ0n) is 36.4. The number of carbonyl (C=O) groups excluding carboxylic acids is 3. The Balaban J connectivity index is 0.751. The number of nitrogens with zero attached hydrogens (tertiary/aromatic N) is 6. The van der Waals surface area contributed by atoms with Crippen molar-refractivity contribution in [2.24, 2.45) is 13.0 Å². The van der Waals surface area contributed by atoms with Crippen LogP contribution in [-0.4, -0.2) is 102 Å². The molecule has 0 radical (unpaired) electrons. The van der Waals surface area contributed by atoms with E-state index in [9.17, 15) is 27.8 Å². The van der Waals surface area contributed by atoms with Crippen LogP contribution in [0.5, 0.6) is 0 Å². The van der Waals surface area contributed by atoms with E-state index in [1.54, 1.807) is 28.4 Å². The number of halogens is 3. The second-order valence-corrected chi connectivity index (χ2v) is 19.2. The SMILES string of the molecule is Cn1c(=O)n(C2CCC(=O)NC2=O)c2cccc(C3CCN(CC4CCN(c5ccc(-c6cnc7[nH]cc(C(=O)c8c(F)ccc(NS(=O)N9CCC(F)C9)c8F)c7c6)cc5)CC4)CC3)c21. The number of imidazole rings is 1. The zero-order chi connectivity index (χ0) is 45.8. The summed E-state index contributed by atoms with van der Waals surface area (Å²) in [5.41, 5.74) is 4.45. The number of H-pyrrole nitrogens is 1. The molecule has 3 aromatic heterocycles. The molecular formula is C48H50F3N9O5S. The number of imide groups is 1. The van der Waals surface area contributed by atoms with E-state index in [0.29, 0.717) is 23.4 Å². The van der Waals surface area contributed by atoms with Gasteiger partial charge in [0, 0.05) is 80.8 Å². The molecular weight excluding hydrogens is 872 g/mol. The molecule has 14 nitrogen and oxygen atoms in total. The van der Waals surface area contributed by atoms with Crippen LogP contribution in [0.25, 0.3) is 33.2 Å². The maximum absolute atomic E-state index is 15.7. The number of nitrogens with one attached hydrogen (secondary N) is 3. The molecule has 4 fully saturated rings. The van der Waals surface area contributed by atoms with Gasteiger partial charge in [0.15, 0.2) is 17.0 Å². The second kappa shape index (κ2) is 17.9. The van der Waals surface area contributed by atoms with Gasteiger partial charge in [-0.2, -0.15) is 0 Å². The Hall–Kier alpha value is -6.11. The van der Waals surface area contributed by atoms with Crippen molar-refractivity contribution in [3.63, 3.8) is 0 Å². The van der Waals surface area contributed by atoms with Crippen LogP contribution >= 0.6 is 0 Å². The number of rotatable bonds is 11. The number of anilines is 2. The number of likely N-dealkylation sites (tertiary alicyclic amines) is 1. The number of hydrogen-bond donors (Lipinski definition) is 3. The number of carbonyl (C=O) groups is 3. The van der Waals surface area contributed by atoms with Gasteiger partial charge in [-0.25, -0.2) is 31.5 Å². The van der Waals surface area contributed by atoms with E-state index >= 15 is 8.78 Å². The molecule has 3 atom stereocenters. The van der Waals surface area contributed by atoms with Crippen molar-refractivity contribution in [1.82, 2.24) is 33.6 Å². The minimum absolute atomic E-state index is 0.0315. The smallest absolute Gasteiger partial charge is 0.329 e. The van der Waals surface area contributed by atoms with Crippen LogP contribution in [0.1, 0.15) is 78.4 Å². The van der Waals surface area contributed by atoms with Gasteiger partial charge in [-0.05, 0) is 111 Å². The third kappa shape index (κ3) is 8.23. The zero-order valence-corrected chi connectivity index (χ0v) is 37.2. The van der Waals surface area contributed by atoms with Crippen LogP contribution in [0.15, 0.2) is 77.9 Å². The number of pyridine rings is 1. The molecule has 6 aromatic rings. The van der Waals surface area contributed by atoms with Gasteiger partial charge in [-0.15, -0.1) is 0 Å². The van der Waals surface area contributed by atoms with Crippen LogP contribution in [-0.2, 0) is 27.8 Å². The minimum Gasteiger partial charge on any atom is -0.372 e. The molecule has 4 aliphatic rings. The van der Waals surface area contributed by atoms with E-state index in [1.807, 2.05) is 24.3 Å². The lowest BCUT2D eigenvalue weighted by Crippen LogP contribution is -2.44. The standard InChI is InChI=1S/C48H50F3N9O5S/c1-56-44-34(3-2-4-39(44)60(48(56)64)40-11-12-41(61)54-47(40)63)30-15-18-57(19-16-30)26-28-13-20-58(21-14-28)33-7-5-29(6-8-33)31-23-35-36(25-53-46(35)52-24-31)45(62)42-37(50)9-10-38(43(42)51)55-66(65)59-22-17-32(49)27-59/h2-10,23-25,28,30,32,40,55H,11-22,26-27H2,1H3,(H,52,53)(H,54,61,63). The fourth-order valence-electron chi connectivity index (χ4n) is 10.4. The Kier molecular flexibility index (Phi) is 11.9. The van der Waals surface area contributed by atoms with E-state index < -0.39 is 52.3 Å². The topological polar surface area (TPSA) is 158 Å². The van der Waals surface area contributed by atoms with Crippen LogP contribution in [0, 0.1) is 17.6 Å². The number of piperidine rings is 3. The van der Waals surface area contributed by atoms with E-state index in [1.165, 1.54) is 10.5 Å². The molecule has 10 rings (SSSR count). The summed E-state index contributed by atoms with van der Waals surface area (Å²) in [4.78, 5) is 64.2. The molecule has 3 aromatic carbocycles. The normalized spacial score (nSPS) is 20.9. The van der Waals surface area contributed by atoms with Crippen molar-refractivity contribution < 1.29 is 31.8 Å².